The number of halogens is 1. The van der Waals surface area contributed by atoms with Gasteiger partial charge in [0.1, 0.15) is 30.3 Å². The molecule has 2 unspecified atom stereocenters. The van der Waals surface area contributed by atoms with Crippen LogP contribution in [0.15, 0.2) is 24.5 Å². The molecule has 2 atom stereocenters. The number of anilines is 3. The SMILES string of the molecule is COC1COCCC1OC(=O)Nc1cc2cc(-c3cnc4c(c3C)NCCO4)c(F)c(N)c2cn1. The van der Waals surface area contributed by atoms with Gasteiger partial charge in [-0.1, -0.05) is 0 Å². The summed E-state index contributed by atoms with van der Waals surface area (Å²) in [5.74, 6) is 0.170. The van der Waals surface area contributed by atoms with Gasteiger partial charge in [0.05, 0.1) is 18.9 Å². The fourth-order valence-corrected chi connectivity index (χ4v) is 4.37. The van der Waals surface area contributed by atoms with Crippen LogP contribution in [-0.4, -0.2) is 61.7 Å². The van der Waals surface area contributed by atoms with E-state index >= 15 is 4.39 Å². The van der Waals surface area contributed by atoms with Crippen molar-refractivity contribution in [2.45, 2.75) is 25.6 Å². The summed E-state index contributed by atoms with van der Waals surface area (Å²) in [6, 6.07) is 3.29. The van der Waals surface area contributed by atoms with Crippen LogP contribution in [0.4, 0.5) is 26.4 Å². The average Bonchev–Trinajstić information content (AvgIpc) is 2.87. The van der Waals surface area contributed by atoms with E-state index in [2.05, 4.69) is 20.6 Å². The monoisotopic (exact) mass is 483 g/mol. The fourth-order valence-electron chi connectivity index (χ4n) is 4.37. The Hall–Kier alpha value is -3.70. The van der Waals surface area contributed by atoms with Gasteiger partial charge in [0.15, 0.2) is 5.82 Å². The Morgan fingerprint density at radius 1 is 1.23 bits per heavy atom. The van der Waals surface area contributed by atoms with Crippen molar-refractivity contribution in [2.75, 3.05) is 49.8 Å². The maximum absolute atomic E-state index is 15.3. The molecule has 184 valence electrons. The number of hydrogen-bond donors (Lipinski definition) is 3. The lowest BCUT2D eigenvalue weighted by Crippen LogP contribution is -2.42. The van der Waals surface area contributed by atoms with Gasteiger partial charge in [0.25, 0.3) is 0 Å². The van der Waals surface area contributed by atoms with Crippen LogP contribution in [0.25, 0.3) is 21.9 Å². The minimum absolute atomic E-state index is 0.0365. The Morgan fingerprint density at radius 2 is 2.09 bits per heavy atom. The van der Waals surface area contributed by atoms with Crippen molar-refractivity contribution in [3.8, 4) is 17.0 Å². The molecule has 3 aromatic rings. The molecule has 2 aliphatic rings. The van der Waals surface area contributed by atoms with Crippen molar-refractivity contribution in [1.82, 2.24) is 9.97 Å². The first-order valence-corrected chi connectivity index (χ1v) is 11.3. The molecule has 0 radical (unpaired) electrons. The number of rotatable bonds is 4. The average molecular weight is 484 g/mol. The van der Waals surface area contributed by atoms with E-state index in [9.17, 15) is 4.79 Å². The third kappa shape index (κ3) is 4.40. The van der Waals surface area contributed by atoms with Gasteiger partial charge in [0, 0.05) is 49.0 Å². The molecule has 11 heteroatoms. The number of nitrogen functional groups attached to an aromatic ring is 1. The zero-order valence-electron chi connectivity index (χ0n) is 19.4. The van der Waals surface area contributed by atoms with Crippen LogP contribution in [0.5, 0.6) is 5.88 Å². The number of pyridine rings is 2. The number of benzene rings is 1. The van der Waals surface area contributed by atoms with Gasteiger partial charge in [-0.2, -0.15) is 0 Å². The molecule has 0 spiro atoms. The zero-order chi connectivity index (χ0) is 24.5. The molecule has 2 aromatic heterocycles. The molecular formula is C24H26FN5O5. The third-order valence-electron chi connectivity index (χ3n) is 6.27. The minimum atomic E-state index is -0.665. The van der Waals surface area contributed by atoms with Crippen molar-refractivity contribution in [3.63, 3.8) is 0 Å². The summed E-state index contributed by atoms with van der Waals surface area (Å²) in [5.41, 5.74) is 8.51. The highest BCUT2D eigenvalue weighted by molar-refractivity contribution is 5.99. The molecule has 0 saturated carbocycles. The topological polar surface area (TPSA) is 130 Å². The van der Waals surface area contributed by atoms with E-state index in [-0.39, 0.29) is 17.6 Å². The van der Waals surface area contributed by atoms with Gasteiger partial charge in [-0.25, -0.2) is 19.2 Å². The number of ether oxygens (including phenoxy) is 4. The maximum atomic E-state index is 15.3. The van der Waals surface area contributed by atoms with E-state index in [0.29, 0.717) is 60.6 Å². The Morgan fingerprint density at radius 3 is 2.91 bits per heavy atom. The smallest absolute Gasteiger partial charge is 0.413 e. The fraction of sp³-hybridized carbons (Fsp3) is 0.375. The lowest BCUT2D eigenvalue weighted by molar-refractivity contribution is -0.103. The number of amides is 1. The van der Waals surface area contributed by atoms with E-state index in [0.717, 1.165) is 11.3 Å². The predicted octanol–water partition coefficient (Wildman–Crippen LogP) is 3.48. The van der Waals surface area contributed by atoms with E-state index in [1.807, 2.05) is 6.92 Å². The van der Waals surface area contributed by atoms with Crippen molar-refractivity contribution in [1.29, 1.82) is 0 Å². The highest BCUT2D eigenvalue weighted by Crippen LogP contribution is 2.39. The summed E-state index contributed by atoms with van der Waals surface area (Å²) in [5, 5.41) is 6.92. The summed E-state index contributed by atoms with van der Waals surface area (Å²) in [4.78, 5) is 21.0. The van der Waals surface area contributed by atoms with Gasteiger partial charge < -0.3 is 30.0 Å². The molecule has 1 saturated heterocycles. The molecule has 1 aromatic carbocycles. The first-order valence-electron chi connectivity index (χ1n) is 11.3. The van der Waals surface area contributed by atoms with E-state index in [1.165, 1.54) is 6.20 Å². The molecular weight excluding hydrogens is 457 g/mol. The molecule has 1 fully saturated rings. The second-order valence-corrected chi connectivity index (χ2v) is 8.40. The quantitative estimate of drug-likeness (QED) is 0.478. The summed E-state index contributed by atoms with van der Waals surface area (Å²) in [6.45, 7) is 3.86. The van der Waals surface area contributed by atoms with Gasteiger partial charge in [0.2, 0.25) is 5.88 Å². The summed E-state index contributed by atoms with van der Waals surface area (Å²) >= 11 is 0. The standard InChI is InChI=1S/C24H26FN5O5/c1-12-15(9-29-23-22(12)27-4-6-34-23)14-7-13-8-19(28-10-16(13)21(26)20(14)25)30-24(31)35-17-3-5-33-11-18(17)32-2/h7-10,17-18,27H,3-6,11,26H2,1-2H3,(H,28,30,31). The number of fused-ring (bicyclic) bond motifs is 2. The predicted molar refractivity (Wildman–Crippen MR) is 128 cm³/mol. The van der Waals surface area contributed by atoms with Crippen LogP contribution >= 0.6 is 0 Å². The van der Waals surface area contributed by atoms with E-state index in [1.54, 1.807) is 25.4 Å². The number of methoxy groups -OCH3 is 1. The molecule has 4 N–H and O–H groups in total. The molecule has 4 heterocycles. The number of carbonyl (C=O) groups is 1. The van der Waals surface area contributed by atoms with Crippen molar-refractivity contribution in [3.05, 3.63) is 35.9 Å². The molecule has 2 aliphatic heterocycles. The molecule has 1 amide bonds. The van der Waals surface area contributed by atoms with E-state index < -0.39 is 18.0 Å². The lowest BCUT2D eigenvalue weighted by atomic mass is 9.97. The number of hydrogen-bond acceptors (Lipinski definition) is 9. The van der Waals surface area contributed by atoms with Crippen LogP contribution in [-0.2, 0) is 14.2 Å². The number of nitrogens with zero attached hydrogens (tertiary/aromatic N) is 2. The van der Waals surface area contributed by atoms with Crippen LogP contribution in [0.1, 0.15) is 12.0 Å². The van der Waals surface area contributed by atoms with Gasteiger partial charge >= 0.3 is 6.09 Å². The number of carbonyl (C=O) groups excluding carboxylic acids is 1. The van der Waals surface area contributed by atoms with Crippen molar-refractivity contribution in [2.24, 2.45) is 0 Å². The molecule has 0 bridgehead atoms. The molecule has 10 nitrogen and oxygen atoms in total. The van der Waals surface area contributed by atoms with Crippen molar-refractivity contribution < 1.29 is 28.1 Å². The van der Waals surface area contributed by atoms with Gasteiger partial charge in [-0.15, -0.1) is 0 Å². The maximum Gasteiger partial charge on any atom is 0.413 e. The second-order valence-electron chi connectivity index (χ2n) is 8.40. The molecule has 5 rings (SSSR count). The summed E-state index contributed by atoms with van der Waals surface area (Å²) in [6.07, 6.45) is 2.10. The molecule has 35 heavy (non-hydrogen) atoms. The normalized spacial score (nSPS) is 19.4. The highest BCUT2D eigenvalue weighted by atomic mass is 19.1. The Labute approximate surface area is 200 Å². The van der Waals surface area contributed by atoms with E-state index in [4.69, 9.17) is 24.7 Å². The minimum Gasteiger partial charge on any atom is -0.474 e. The summed E-state index contributed by atoms with van der Waals surface area (Å²) in [7, 11) is 1.54. The first kappa shape index (κ1) is 23.1. The van der Waals surface area contributed by atoms with Crippen LogP contribution in [0, 0.1) is 12.7 Å². The zero-order valence-corrected chi connectivity index (χ0v) is 19.4. The Balaban J connectivity index is 1.44. The van der Waals surface area contributed by atoms with Gasteiger partial charge in [-0.05, 0) is 30.0 Å². The van der Waals surface area contributed by atoms with Crippen molar-refractivity contribution >= 4 is 34.1 Å². The lowest BCUT2D eigenvalue weighted by Gasteiger charge is -2.29. The number of nitrogens with one attached hydrogen (secondary N) is 2. The number of aromatic nitrogens is 2. The Bertz CT molecular complexity index is 1290. The summed E-state index contributed by atoms with van der Waals surface area (Å²) < 4.78 is 37.1. The number of nitrogens with two attached hydrogens (primary N) is 1. The highest BCUT2D eigenvalue weighted by Gasteiger charge is 2.29. The van der Waals surface area contributed by atoms with Crippen LogP contribution in [0.3, 0.4) is 0 Å². The first-order chi connectivity index (χ1) is 17.0. The van der Waals surface area contributed by atoms with Crippen LogP contribution < -0.4 is 21.1 Å². The second kappa shape index (κ2) is 9.51. The van der Waals surface area contributed by atoms with Crippen LogP contribution in [0.2, 0.25) is 0 Å². The third-order valence-corrected chi connectivity index (χ3v) is 6.27. The van der Waals surface area contributed by atoms with Gasteiger partial charge in [-0.3, -0.25) is 5.32 Å². The molecule has 0 aliphatic carbocycles. The Kier molecular flexibility index (Phi) is 6.27. The largest absolute Gasteiger partial charge is 0.474 e.